The van der Waals surface area contributed by atoms with Crippen LogP contribution >= 0.6 is 0 Å². The lowest BCUT2D eigenvalue weighted by atomic mass is 10.1. The third-order valence-electron chi connectivity index (χ3n) is 4.73. The van der Waals surface area contributed by atoms with Crippen LogP contribution in [0.2, 0.25) is 0 Å². The maximum absolute atomic E-state index is 11.0. The highest BCUT2D eigenvalue weighted by Crippen LogP contribution is 2.09. The smallest absolute Gasteiger partial charge is 0.222 e. The Bertz CT molecular complexity index is 753. The van der Waals surface area contributed by atoms with Crippen molar-refractivity contribution in [3.8, 4) is 0 Å². The summed E-state index contributed by atoms with van der Waals surface area (Å²) in [6.45, 7) is 15.6. The van der Waals surface area contributed by atoms with Gasteiger partial charge in [-0.3, -0.25) is 4.79 Å². The number of ketones is 1. The molecule has 0 aliphatic carbocycles. The second-order valence-electron chi connectivity index (χ2n) is 9.30. The molecule has 1 aromatic carbocycles. The lowest BCUT2D eigenvalue weighted by molar-refractivity contribution is -0.122. The van der Waals surface area contributed by atoms with Crippen molar-refractivity contribution in [3.63, 3.8) is 0 Å². The molecule has 3 N–H and O–H groups in total. The number of nitrogens with one attached hydrogen (secondary N) is 3. The number of benzene rings is 1. The molecular formula is C35H67N3O8. The molecule has 11 heteroatoms. The van der Waals surface area contributed by atoms with E-state index in [1.165, 1.54) is 12.0 Å². The summed E-state index contributed by atoms with van der Waals surface area (Å²) in [5.74, 6) is 0.282. The lowest BCUT2D eigenvalue weighted by Crippen LogP contribution is -2.24. The van der Waals surface area contributed by atoms with Crippen LogP contribution in [0.5, 0.6) is 0 Å². The van der Waals surface area contributed by atoms with Crippen LogP contribution in [-0.4, -0.2) is 97.9 Å². The van der Waals surface area contributed by atoms with Crippen molar-refractivity contribution in [1.82, 2.24) is 10.6 Å². The van der Waals surface area contributed by atoms with Crippen LogP contribution in [0, 0.1) is 0 Å². The molecule has 46 heavy (non-hydrogen) atoms. The molecule has 0 saturated carbocycles. The van der Waals surface area contributed by atoms with Gasteiger partial charge in [-0.05, 0) is 65.4 Å². The monoisotopic (exact) mass is 657 g/mol. The molecular weight excluding hydrogens is 590 g/mol. The first kappa shape index (κ1) is 52.5. The minimum Gasteiger partial charge on any atom is -0.388 e. The van der Waals surface area contributed by atoms with Crippen LogP contribution in [0.4, 0.5) is 5.69 Å². The van der Waals surface area contributed by atoms with Crippen molar-refractivity contribution in [2.75, 3.05) is 72.6 Å². The fourth-order valence-electron chi connectivity index (χ4n) is 2.38. The number of hydrogen-bond acceptors (Lipinski definition) is 10. The minimum atomic E-state index is 0.0276. The quantitative estimate of drug-likeness (QED) is 0.126. The molecule has 0 fully saturated rings. The van der Waals surface area contributed by atoms with Crippen molar-refractivity contribution in [2.24, 2.45) is 0 Å². The number of amides is 1. The number of ether oxygens (including phenoxy) is 3. The topological polar surface area (TPSA) is 149 Å². The Hall–Kier alpha value is -2.99. The van der Waals surface area contributed by atoms with E-state index >= 15 is 0 Å². The Morgan fingerprint density at radius 1 is 0.717 bits per heavy atom. The van der Waals surface area contributed by atoms with E-state index in [-0.39, 0.29) is 11.7 Å². The average Bonchev–Trinajstić information content (AvgIpc) is 3.05. The van der Waals surface area contributed by atoms with E-state index in [0.717, 1.165) is 31.0 Å². The molecule has 0 aromatic heterocycles. The molecule has 0 spiro atoms. The Morgan fingerprint density at radius 3 is 1.52 bits per heavy atom. The summed E-state index contributed by atoms with van der Waals surface area (Å²) in [5.41, 5.74) is 2.31. The van der Waals surface area contributed by atoms with Crippen LogP contribution in [0.25, 0.3) is 0 Å². The number of aldehydes is 3. The molecule has 0 unspecified atom stereocenters. The largest absolute Gasteiger partial charge is 0.388 e. The summed E-state index contributed by atoms with van der Waals surface area (Å²) in [5, 5.41) is 8.49. The van der Waals surface area contributed by atoms with Gasteiger partial charge in [0, 0.05) is 58.0 Å². The van der Waals surface area contributed by atoms with Gasteiger partial charge in [0.05, 0.1) is 33.0 Å². The van der Waals surface area contributed by atoms with Gasteiger partial charge in [-0.25, -0.2) is 0 Å². The molecule has 0 bridgehead atoms. The molecule has 0 radical (unpaired) electrons. The third kappa shape index (κ3) is 60.2. The Kier molecular flexibility index (Phi) is 58.9. The summed E-state index contributed by atoms with van der Waals surface area (Å²) in [6.07, 6.45) is 8.10. The van der Waals surface area contributed by atoms with Gasteiger partial charge < -0.3 is 49.3 Å². The van der Waals surface area contributed by atoms with E-state index in [0.29, 0.717) is 84.7 Å². The number of Topliss-reactive ketones (excluding diaryl/α,β-unsaturated/α-hetero) is 1. The second-order valence-corrected chi connectivity index (χ2v) is 9.30. The second kappa shape index (κ2) is 51.6. The zero-order chi connectivity index (χ0) is 36.1. The Balaban J connectivity index is -0.000000164. The standard InChI is InChI=1S/C11H23NO4.C10H13NO.C5H8O2.C4H8O.C3H8.C2H7N/c1-3-12-11(13)5-6-15-9-10-16-8-7-14-4-2;1-11-10-6-4-9(5-7-10)3-2-8-12;6-4-2-1-3-5-7;1-3-4(2)5;2*1-3-2/h3-10H2,1-2H3,(H,12,13);4-8,11H,2-3H2,1H3;4-5H,1-3H2;3H2,1-2H3;3H2,1-2H3;3H,1-2H3. The molecule has 0 saturated heterocycles. The summed E-state index contributed by atoms with van der Waals surface area (Å²) < 4.78 is 15.6. The molecule has 11 nitrogen and oxygen atoms in total. The van der Waals surface area contributed by atoms with Crippen molar-refractivity contribution < 1.29 is 38.2 Å². The highest BCUT2D eigenvalue weighted by atomic mass is 16.5. The maximum atomic E-state index is 11.0. The van der Waals surface area contributed by atoms with Gasteiger partial charge in [0.15, 0.2) is 0 Å². The molecule has 1 aromatic rings. The first-order valence-electron chi connectivity index (χ1n) is 16.3. The van der Waals surface area contributed by atoms with Crippen LogP contribution in [-0.2, 0) is 44.6 Å². The van der Waals surface area contributed by atoms with Crippen molar-refractivity contribution in [2.45, 2.75) is 92.9 Å². The number of hydrogen-bond donors (Lipinski definition) is 3. The first-order valence-corrected chi connectivity index (χ1v) is 16.3. The molecule has 270 valence electrons. The third-order valence-corrected chi connectivity index (χ3v) is 4.73. The highest BCUT2D eigenvalue weighted by molar-refractivity contribution is 5.75. The van der Waals surface area contributed by atoms with E-state index in [1.807, 2.05) is 66.2 Å². The Labute approximate surface area is 280 Å². The summed E-state index contributed by atoms with van der Waals surface area (Å²) in [7, 11) is 5.64. The SMILES string of the molecule is CCC.CCC(C)=O.CCNC(=O)CCOCCOCCOCC.CNC.CNc1ccc(CCC=O)cc1.O=CCCCC=O. The number of aryl methyl sites for hydroxylation is 1. The van der Waals surface area contributed by atoms with Gasteiger partial charge in [0.1, 0.15) is 24.6 Å². The maximum Gasteiger partial charge on any atom is 0.222 e. The minimum absolute atomic E-state index is 0.0276. The summed E-state index contributed by atoms with van der Waals surface area (Å²) in [4.78, 5) is 50.0. The molecule has 0 atom stereocenters. The van der Waals surface area contributed by atoms with Crippen LogP contribution in [0.3, 0.4) is 0 Å². The predicted molar refractivity (Wildman–Crippen MR) is 190 cm³/mol. The van der Waals surface area contributed by atoms with E-state index in [4.69, 9.17) is 14.2 Å². The van der Waals surface area contributed by atoms with Gasteiger partial charge in [-0.2, -0.15) is 0 Å². The van der Waals surface area contributed by atoms with E-state index in [1.54, 1.807) is 6.92 Å². The number of carbonyl (C=O) groups excluding carboxylic acids is 5. The number of rotatable bonds is 20. The average molecular weight is 658 g/mol. The fraction of sp³-hybridized carbons (Fsp3) is 0.686. The molecule has 0 heterocycles. The van der Waals surface area contributed by atoms with E-state index in [2.05, 4.69) is 29.8 Å². The first-order chi connectivity index (χ1) is 22.2. The van der Waals surface area contributed by atoms with Gasteiger partial charge in [0.2, 0.25) is 5.91 Å². The van der Waals surface area contributed by atoms with Crippen molar-refractivity contribution >= 4 is 36.2 Å². The predicted octanol–water partition coefficient (Wildman–Crippen LogP) is 5.23. The van der Waals surface area contributed by atoms with Crippen LogP contribution in [0.1, 0.15) is 92.1 Å². The molecule has 1 rings (SSSR count). The van der Waals surface area contributed by atoms with Crippen molar-refractivity contribution in [1.29, 1.82) is 0 Å². The van der Waals surface area contributed by atoms with Crippen molar-refractivity contribution in [3.05, 3.63) is 29.8 Å². The zero-order valence-corrected chi connectivity index (χ0v) is 30.4. The van der Waals surface area contributed by atoms with E-state index in [9.17, 15) is 24.0 Å². The lowest BCUT2D eigenvalue weighted by Gasteiger charge is -2.06. The van der Waals surface area contributed by atoms with Gasteiger partial charge in [-0.1, -0.05) is 39.3 Å². The highest BCUT2D eigenvalue weighted by Gasteiger charge is 1.98. The van der Waals surface area contributed by atoms with Crippen LogP contribution < -0.4 is 16.0 Å². The van der Waals surface area contributed by atoms with Gasteiger partial charge >= 0.3 is 0 Å². The number of anilines is 1. The number of unbranched alkanes of at least 4 members (excludes halogenated alkanes) is 2. The summed E-state index contributed by atoms with van der Waals surface area (Å²) >= 11 is 0. The molecule has 0 aliphatic rings. The fourth-order valence-corrected chi connectivity index (χ4v) is 2.38. The summed E-state index contributed by atoms with van der Waals surface area (Å²) in [6, 6.07) is 8.10. The Morgan fingerprint density at radius 2 is 1.15 bits per heavy atom. The zero-order valence-electron chi connectivity index (χ0n) is 30.4. The van der Waals surface area contributed by atoms with Gasteiger partial charge in [0.25, 0.3) is 0 Å². The van der Waals surface area contributed by atoms with Crippen LogP contribution in [0.15, 0.2) is 24.3 Å². The molecule has 1 amide bonds. The number of carbonyl (C=O) groups is 5. The normalized spacial score (nSPS) is 8.89. The van der Waals surface area contributed by atoms with E-state index < -0.39 is 0 Å². The molecule has 0 aliphatic heterocycles. The van der Waals surface area contributed by atoms with Gasteiger partial charge in [-0.15, -0.1) is 0 Å².